The van der Waals surface area contributed by atoms with Crippen LogP contribution >= 0.6 is 0 Å². The molecule has 3 rings (SSSR count). The summed E-state index contributed by atoms with van der Waals surface area (Å²) >= 11 is 0. The predicted octanol–water partition coefficient (Wildman–Crippen LogP) is 1.70. The van der Waals surface area contributed by atoms with E-state index in [0.717, 1.165) is 37.3 Å². The molecule has 130 valence electrons. The van der Waals surface area contributed by atoms with Gasteiger partial charge in [-0.25, -0.2) is 4.98 Å². The van der Waals surface area contributed by atoms with Gasteiger partial charge in [0.2, 0.25) is 11.8 Å². The van der Waals surface area contributed by atoms with Gasteiger partial charge >= 0.3 is 0 Å². The molecule has 2 aliphatic rings. The molecule has 6 nitrogen and oxygen atoms in total. The SMILES string of the molecule is CC(=O)N1CCC[C@@H]1C(=O)NCc1ccc(N2CCCCC2)nc1. The van der Waals surface area contributed by atoms with Crippen molar-refractivity contribution in [2.45, 2.75) is 51.6 Å². The van der Waals surface area contributed by atoms with Crippen molar-refractivity contribution in [3.05, 3.63) is 23.9 Å². The van der Waals surface area contributed by atoms with Crippen LogP contribution in [-0.4, -0.2) is 47.4 Å². The minimum absolute atomic E-state index is 0.0276. The lowest BCUT2D eigenvalue weighted by molar-refractivity contribution is -0.136. The van der Waals surface area contributed by atoms with Gasteiger partial charge in [-0.05, 0) is 43.7 Å². The Balaban J connectivity index is 1.52. The smallest absolute Gasteiger partial charge is 0.243 e. The summed E-state index contributed by atoms with van der Waals surface area (Å²) in [6, 6.07) is 3.74. The van der Waals surface area contributed by atoms with E-state index in [4.69, 9.17) is 0 Å². The summed E-state index contributed by atoms with van der Waals surface area (Å²) in [7, 11) is 0. The van der Waals surface area contributed by atoms with Crippen molar-refractivity contribution in [2.75, 3.05) is 24.5 Å². The highest BCUT2D eigenvalue weighted by Gasteiger charge is 2.31. The van der Waals surface area contributed by atoms with Gasteiger partial charge in [-0.1, -0.05) is 6.07 Å². The lowest BCUT2D eigenvalue weighted by Gasteiger charge is -2.27. The molecule has 0 aliphatic carbocycles. The van der Waals surface area contributed by atoms with Gasteiger partial charge in [-0.3, -0.25) is 9.59 Å². The number of amides is 2. The largest absolute Gasteiger partial charge is 0.357 e. The molecule has 2 saturated heterocycles. The molecular weight excluding hydrogens is 304 g/mol. The molecule has 6 heteroatoms. The average Bonchev–Trinajstić information content (AvgIpc) is 3.11. The minimum Gasteiger partial charge on any atom is -0.357 e. The fourth-order valence-corrected chi connectivity index (χ4v) is 3.55. The summed E-state index contributed by atoms with van der Waals surface area (Å²) in [5.74, 6) is 0.923. The zero-order valence-corrected chi connectivity index (χ0v) is 14.3. The number of rotatable bonds is 4. The van der Waals surface area contributed by atoms with E-state index in [2.05, 4.69) is 15.2 Å². The summed E-state index contributed by atoms with van der Waals surface area (Å²) < 4.78 is 0. The topological polar surface area (TPSA) is 65.5 Å². The molecule has 2 aliphatic heterocycles. The van der Waals surface area contributed by atoms with Crippen molar-refractivity contribution in [3.63, 3.8) is 0 Å². The third-order valence-electron chi connectivity index (χ3n) is 4.92. The Morgan fingerprint density at radius 3 is 2.62 bits per heavy atom. The molecule has 0 radical (unpaired) electrons. The Morgan fingerprint density at radius 1 is 1.17 bits per heavy atom. The molecule has 0 aromatic carbocycles. The Bertz CT molecular complexity index is 581. The zero-order valence-electron chi connectivity index (χ0n) is 14.3. The second-order valence-electron chi connectivity index (χ2n) is 6.66. The summed E-state index contributed by atoms with van der Waals surface area (Å²) in [6.45, 7) is 4.81. The Labute approximate surface area is 143 Å². The molecule has 0 unspecified atom stereocenters. The van der Waals surface area contributed by atoms with E-state index in [1.165, 1.54) is 26.2 Å². The van der Waals surface area contributed by atoms with Crippen molar-refractivity contribution in [1.82, 2.24) is 15.2 Å². The van der Waals surface area contributed by atoms with Crippen LogP contribution in [0.15, 0.2) is 18.3 Å². The van der Waals surface area contributed by atoms with E-state index in [9.17, 15) is 9.59 Å². The lowest BCUT2D eigenvalue weighted by Crippen LogP contribution is -2.44. The van der Waals surface area contributed by atoms with Gasteiger partial charge in [-0.2, -0.15) is 0 Å². The van der Waals surface area contributed by atoms with E-state index in [0.29, 0.717) is 13.1 Å². The number of likely N-dealkylation sites (tertiary alicyclic amines) is 1. The quantitative estimate of drug-likeness (QED) is 0.912. The highest BCUT2D eigenvalue weighted by atomic mass is 16.2. The molecule has 1 aromatic rings. The average molecular weight is 330 g/mol. The van der Waals surface area contributed by atoms with Gasteiger partial charge in [0.25, 0.3) is 0 Å². The van der Waals surface area contributed by atoms with Crippen LogP contribution in [0.2, 0.25) is 0 Å². The van der Waals surface area contributed by atoms with E-state index < -0.39 is 0 Å². The van der Waals surface area contributed by atoms with Gasteiger partial charge in [0.05, 0.1) is 0 Å². The van der Waals surface area contributed by atoms with Crippen molar-refractivity contribution in [2.24, 2.45) is 0 Å². The molecule has 3 heterocycles. The zero-order chi connectivity index (χ0) is 16.9. The van der Waals surface area contributed by atoms with Crippen molar-refractivity contribution >= 4 is 17.6 Å². The van der Waals surface area contributed by atoms with Crippen LogP contribution < -0.4 is 10.2 Å². The first-order chi connectivity index (χ1) is 11.6. The molecule has 1 aromatic heterocycles. The van der Waals surface area contributed by atoms with Crippen LogP contribution in [-0.2, 0) is 16.1 Å². The van der Waals surface area contributed by atoms with E-state index >= 15 is 0 Å². The van der Waals surface area contributed by atoms with E-state index in [1.807, 2.05) is 18.3 Å². The van der Waals surface area contributed by atoms with Gasteiger partial charge in [-0.15, -0.1) is 0 Å². The number of anilines is 1. The Morgan fingerprint density at radius 2 is 1.96 bits per heavy atom. The van der Waals surface area contributed by atoms with Crippen LogP contribution in [0.4, 0.5) is 5.82 Å². The van der Waals surface area contributed by atoms with Crippen molar-refractivity contribution < 1.29 is 9.59 Å². The van der Waals surface area contributed by atoms with Crippen LogP contribution in [0, 0.1) is 0 Å². The molecule has 0 saturated carbocycles. The first-order valence-electron chi connectivity index (χ1n) is 8.90. The number of nitrogens with zero attached hydrogens (tertiary/aromatic N) is 3. The van der Waals surface area contributed by atoms with Gasteiger partial charge in [0, 0.05) is 39.3 Å². The maximum absolute atomic E-state index is 12.3. The molecule has 1 N–H and O–H groups in total. The first-order valence-corrected chi connectivity index (χ1v) is 8.90. The fourth-order valence-electron chi connectivity index (χ4n) is 3.55. The molecule has 2 fully saturated rings. The molecule has 1 atom stereocenters. The van der Waals surface area contributed by atoms with Crippen molar-refractivity contribution in [3.8, 4) is 0 Å². The van der Waals surface area contributed by atoms with Crippen molar-refractivity contribution in [1.29, 1.82) is 0 Å². The number of hydrogen-bond donors (Lipinski definition) is 1. The first kappa shape index (κ1) is 16.7. The van der Waals surface area contributed by atoms with E-state index in [-0.39, 0.29) is 17.9 Å². The molecule has 0 spiro atoms. The highest BCUT2D eigenvalue weighted by molar-refractivity contribution is 5.87. The molecular formula is C18H26N4O2. The van der Waals surface area contributed by atoms with Crippen LogP contribution in [0.25, 0.3) is 0 Å². The second kappa shape index (κ2) is 7.64. The molecule has 24 heavy (non-hydrogen) atoms. The molecule has 0 bridgehead atoms. The molecule has 2 amide bonds. The Kier molecular flexibility index (Phi) is 5.33. The Hall–Kier alpha value is -2.11. The summed E-state index contributed by atoms with van der Waals surface area (Å²) in [4.78, 5) is 32.4. The van der Waals surface area contributed by atoms with Gasteiger partial charge in [0.1, 0.15) is 11.9 Å². The number of carbonyl (C=O) groups excluding carboxylic acids is 2. The van der Waals surface area contributed by atoms with Gasteiger partial charge in [0.15, 0.2) is 0 Å². The highest BCUT2D eigenvalue weighted by Crippen LogP contribution is 2.19. The monoisotopic (exact) mass is 330 g/mol. The summed E-state index contributed by atoms with van der Waals surface area (Å²) in [6.07, 6.45) is 7.24. The number of nitrogens with one attached hydrogen (secondary N) is 1. The third kappa shape index (κ3) is 3.86. The minimum atomic E-state index is -0.317. The summed E-state index contributed by atoms with van der Waals surface area (Å²) in [5.41, 5.74) is 0.983. The fraction of sp³-hybridized carbons (Fsp3) is 0.611. The number of carbonyl (C=O) groups is 2. The maximum atomic E-state index is 12.3. The number of aromatic nitrogens is 1. The standard InChI is InChI=1S/C18H26N4O2/c1-14(23)22-11-5-6-16(22)18(24)20-13-15-7-8-17(19-12-15)21-9-3-2-4-10-21/h7-8,12,16H,2-6,9-11,13H2,1H3,(H,20,24)/t16-/m1/s1. The van der Waals surface area contributed by atoms with Crippen LogP contribution in [0.5, 0.6) is 0 Å². The number of piperidine rings is 1. The van der Waals surface area contributed by atoms with Crippen LogP contribution in [0.1, 0.15) is 44.6 Å². The van der Waals surface area contributed by atoms with E-state index in [1.54, 1.807) is 4.90 Å². The normalized spacial score (nSPS) is 21.0. The second-order valence-corrected chi connectivity index (χ2v) is 6.66. The third-order valence-corrected chi connectivity index (χ3v) is 4.92. The van der Waals surface area contributed by atoms with Crippen LogP contribution in [0.3, 0.4) is 0 Å². The summed E-state index contributed by atoms with van der Waals surface area (Å²) in [5, 5.41) is 2.94. The predicted molar refractivity (Wildman–Crippen MR) is 92.6 cm³/mol. The number of hydrogen-bond acceptors (Lipinski definition) is 4. The lowest BCUT2D eigenvalue weighted by atomic mass is 10.1. The van der Waals surface area contributed by atoms with Gasteiger partial charge < -0.3 is 15.1 Å². The maximum Gasteiger partial charge on any atom is 0.243 e. The number of pyridine rings is 1.